The Balaban J connectivity index is 3.01. The summed E-state index contributed by atoms with van der Waals surface area (Å²) in [6.45, 7) is 0. The predicted molar refractivity (Wildman–Crippen MR) is 62.5 cm³/mol. The van der Waals surface area contributed by atoms with Gasteiger partial charge < -0.3 is 9.47 Å². The van der Waals surface area contributed by atoms with Crippen molar-refractivity contribution in [3.8, 4) is 11.5 Å². The number of methoxy groups -OCH3 is 1. The number of ether oxygens (including phenoxy) is 2. The SMILES string of the molecule is COc1cc(C(=O)CBr)ccc1OCCl. The molecule has 1 rings (SSSR count). The van der Waals surface area contributed by atoms with Crippen molar-refractivity contribution in [3.05, 3.63) is 23.8 Å². The summed E-state index contributed by atoms with van der Waals surface area (Å²) in [5.74, 6) is 1.02. The summed E-state index contributed by atoms with van der Waals surface area (Å²) in [7, 11) is 1.51. The Morgan fingerprint density at radius 2 is 2.20 bits per heavy atom. The number of benzene rings is 1. The van der Waals surface area contributed by atoms with Crippen LogP contribution in [0.15, 0.2) is 18.2 Å². The Hall–Kier alpha value is -0.740. The van der Waals surface area contributed by atoms with Gasteiger partial charge in [0.15, 0.2) is 23.3 Å². The monoisotopic (exact) mass is 292 g/mol. The van der Waals surface area contributed by atoms with Gasteiger partial charge in [-0.2, -0.15) is 0 Å². The molecule has 82 valence electrons. The highest BCUT2D eigenvalue weighted by atomic mass is 79.9. The van der Waals surface area contributed by atoms with E-state index in [1.165, 1.54) is 7.11 Å². The van der Waals surface area contributed by atoms with E-state index < -0.39 is 0 Å². The van der Waals surface area contributed by atoms with Crippen molar-refractivity contribution in [3.63, 3.8) is 0 Å². The van der Waals surface area contributed by atoms with Crippen LogP contribution in [0.5, 0.6) is 11.5 Å². The molecule has 0 aliphatic heterocycles. The van der Waals surface area contributed by atoms with Gasteiger partial charge in [0.1, 0.15) is 0 Å². The van der Waals surface area contributed by atoms with Gasteiger partial charge in [-0.1, -0.05) is 27.5 Å². The third kappa shape index (κ3) is 3.11. The van der Waals surface area contributed by atoms with Gasteiger partial charge in [0, 0.05) is 5.56 Å². The molecule has 3 nitrogen and oxygen atoms in total. The van der Waals surface area contributed by atoms with E-state index in [2.05, 4.69) is 15.9 Å². The molecule has 0 aliphatic carbocycles. The predicted octanol–water partition coefficient (Wildman–Crippen LogP) is 2.85. The van der Waals surface area contributed by atoms with E-state index in [1.54, 1.807) is 18.2 Å². The minimum atomic E-state index is -0.00859. The molecule has 0 heterocycles. The molecule has 0 radical (unpaired) electrons. The van der Waals surface area contributed by atoms with Crippen LogP contribution in [0.1, 0.15) is 10.4 Å². The third-order valence-corrected chi connectivity index (χ3v) is 2.44. The van der Waals surface area contributed by atoms with Gasteiger partial charge in [-0.05, 0) is 18.2 Å². The summed E-state index contributed by atoms with van der Waals surface area (Å²) in [5, 5.41) is 0.284. The molecule has 1 aromatic rings. The molecule has 0 N–H and O–H groups in total. The third-order valence-electron chi connectivity index (χ3n) is 1.82. The first kappa shape index (κ1) is 12.3. The maximum absolute atomic E-state index is 11.4. The van der Waals surface area contributed by atoms with Crippen molar-refractivity contribution in [1.82, 2.24) is 0 Å². The number of halogens is 2. The molecule has 0 saturated carbocycles. The van der Waals surface area contributed by atoms with Crippen LogP contribution in [0.3, 0.4) is 0 Å². The molecule has 0 fully saturated rings. The van der Waals surface area contributed by atoms with Crippen molar-refractivity contribution in [2.24, 2.45) is 0 Å². The second-order valence-electron chi connectivity index (χ2n) is 2.68. The van der Waals surface area contributed by atoms with Crippen LogP contribution in [0.4, 0.5) is 0 Å². The molecule has 0 unspecified atom stereocenters. The van der Waals surface area contributed by atoms with Gasteiger partial charge in [-0.15, -0.1) is 0 Å². The summed E-state index contributed by atoms with van der Waals surface area (Å²) in [5.41, 5.74) is 0.575. The Morgan fingerprint density at radius 3 is 2.73 bits per heavy atom. The molecule has 0 bridgehead atoms. The number of carbonyl (C=O) groups excluding carboxylic acids is 1. The summed E-state index contributed by atoms with van der Waals surface area (Å²) in [6.07, 6.45) is 0. The average molecular weight is 294 g/mol. The Kier molecular flexibility index (Phi) is 4.91. The lowest BCUT2D eigenvalue weighted by Gasteiger charge is -2.09. The fourth-order valence-electron chi connectivity index (χ4n) is 1.10. The van der Waals surface area contributed by atoms with Crippen LogP contribution in [-0.2, 0) is 0 Å². The zero-order chi connectivity index (χ0) is 11.3. The smallest absolute Gasteiger partial charge is 0.173 e. The molecule has 0 amide bonds. The summed E-state index contributed by atoms with van der Waals surface area (Å²) in [4.78, 5) is 11.4. The maximum Gasteiger partial charge on any atom is 0.173 e. The number of carbonyl (C=O) groups is 1. The quantitative estimate of drug-likeness (QED) is 0.618. The van der Waals surface area contributed by atoms with E-state index >= 15 is 0 Å². The number of Topliss-reactive ketones (excluding diaryl/α,β-unsaturated/α-hetero) is 1. The molecular weight excluding hydrogens is 283 g/mol. The first-order valence-electron chi connectivity index (χ1n) is 4.19. The fourth-order valence-corrected chi connectivity index (χ4v) is 1.54. The van der Waals surface area contributed by atoms with Crippen LogP contribution < -0.4 is 9.47 Å². The highest BCUT2D eigenvalue weighted by Gasteiger charge is 2.09. The molecule has 0 spiro atoms. The molecule has 5 heteroatoms. The zero-order valence-corrected chi connectivity index (χ0v) is 10.5. The van der Waals surface area contributed by atoms with Crippen molar-refractivity contribution < 1.29 is 14.3 Å². The minimum absolute atomic E-state index is 0.00859. The Bertz CT molecular complexity index is 355. The minimum Gasteiger partial charge on any atom is -0.493 e. The largest absolute Gasteiger partial charge is 0.493 e. The van der Waals surface area contributed by atoms with Crippen LogP contribution in [0.25, 0.3) is 0 Å². The van der Waals surface area contributed by atoms with Crippen molar-refractivity contribution in [1.29, 1.82) is 0 Å². The molecule has 0 aliphatic rings. The van der Waals surface area contributed by atoms with E-state index in [0.29, 0.717) is 17.1 Å². The lowest BCUT2D eigenvalue weighted by atomic mass is 10.1. The van der Waals surface area contributed by atoms with E-state index in [-0.39, 0.29) is 17.2 Å². The Labute approximate surface area is 101 Å². The van der Waals surface area contributed by atoms with Crippen LogP contribution in [0.2, 0.25) is 0 Å². The molecule has 1 aromatic carbocycles. The highest BCUT2D eigenvalue weighted by Crippen LogP contribution is 2.28. The molecule has 0 aromatic heterocycles. The molecular formula is C10H10BrClO3. The fraction of sp³-hybridized carbons (Fsp3) is 0.300. The van der Waals surface area contributed by atoms with Gasteiger partial charge in [-0.3, -0.25) is 4.79 Å². The van der Waals surface area contributed by atoms with Gasteiger partial charge in [0.05, 0.1) is 12.4 Å². The summed E-state index contributed by atoms with van der Waals surface area (Å²) >= 11 is 8.55. The second kappa shape index (κ2) is 5.98. The molecule has 0 atom stereocenters. The summed E-state index contributed by atoms with van der Waals surface area (Å²) in [6, 6.07) is 5.01. The first-order valence-corrected chi connectivity index (χ1v) is 5.84. The number of hydrogen-bond donors (Lipinski definition) is 0. The summed E-state index contributed by atoms with van der Waals surface area (Å²) < 4.78 is 10.2. The van der Waals surface area contributed by atoms with Crippen LogP contribution in [0, 0.1) is 0 Å². The topological polar surface area (TPSA) is 35.5 Å². The standard InChI is InChI=1S/C10H10BrClO3/c1-14-10-4-7(8(13)5-11)2-3-9(10)15-6-12/h2-4H,5-6H2,1H3. The second-order valence-corrected chi connectivity index (χ2v) is 3.45. The van der Waals surface area contributed by atoms with E-state index in [0.717, 1.165) is 0 Å². The van der Waals surface area contributed by atoms with Crippen molar-refractivity contribution in [2.45, 2.75) is 0 Å². The zero-order valence-electron chi connectivity index (χ0n) is 8.13. The van der Waals surface area contributed by atoms with Crippen LogP contribution in [-0.4, -0.2) is 24.3 Å². The molecule has 0 saturated heterocycles. The highest BCUT2D eigenvalue weighted by molar-refractivity contribution is 9.09. The average Bonchev–Trinajstić information content (AvgIpc) is 2.29. The van der Waals surface area contributed by atoms with Gasteiger partial charge in [-0.25, -0.2) is 0 Å². The maximum atomic E-state index is 11.4. The van der Waals surface area contributed by atoms with Crippen LogP contribution >= 0.6 is 27.5 Å². The van der Waals surface area contributed by atoms with Gasteiger partial charge >= 0.3 is 0 Å². The lowest BCUT2D eigenvalue weighted by molar-refractivity contribution is 0.102. The number of alkyl halides is 2. The number of hydrogen-bond acceptors (Lipinski definition) is 3. The van der Waals surface area contributed by atoms with E-state index in [1.807, 2.05) is 0 Å². The lowest BCUT2D eigenvalue weighted by Crippen LogP contribution is -2.01. The first-order chi connectivity index (χ1) is 7.22. The number of rotatable bonds is 5. The van der Waals surface area contributed by atoms with E-state index in [9.17, 15) is 4.79 Å². The normalized spacial score (nSPS) is 9.80. The van der Waals surface area contributed by atoms with Gasteiger partial charge in [0.2, 0.25) is 0 Å². The Morgan fingerprint density at radius 1 is 1.47 bits per heavy atom. The number of ketones is 1. The van der Waals surface area contributed by atoms with Gasteiger partial charge in [0.25, 0.3) is 0 Å². The van der Waals surface area contributed by atoms with Crippen molar-refractivity contribution >= 4 is 33.3 Å². The van der Waals surface area contributed by atoms with E-state index in [4.69, 9.17) is 21.1 Å². The molecule has 15 heavy (non-hydrogen) atoms. The van der Waals surface area contributed by atoms with Crippen molar-refractivity contribution in [2.75, 3.05) is 18.5 Å².